The second kappa shape index (κ2) is 10.4. The molecule has 0 fully saturated rings. The first-order valence-corrected chi connectivity index (χ1v) is 11.6. The van der Waals surface area contributed by atoms with E-state index in [4.69, 9.17) is 0 Å². The lowest BCUT2D eigenvalue weighted by Gasteiger charge is -2.30. The lowest BCUT2D eigenvalue weighted by atomic mass is 9.76. The van der Waals surface area contributed by atoms with Crippen molar-refractivity contribution >= 4 is 23.8 Å². The molecule has 1 amide bonds. The number of amides is 1. The molecule has 0 radical (unpaired) electrons. The maximum atomic E-state index is 12.5. The molecule has 1 atom stereocenters. The van der Waals surface area contributed by atoms with Crippen LogP contribution in [0, 0.1) is 0 Å². The van der Waals surface area contributed by atoms with Crippen molar-refractivity contribution in [2.24, 2.45) is 5.10 Å². The van der Waals surface area contributed by atoms with E-state index in [-0.39, 0.29) is 11.3 Å². The number of nitrogens with zero attached hydrogens (tertiary/aromatic N) is 2. The summed E-state index contributed by atoms with van der Waals surface area (Å²) in [4.78, 5) is 26.4. The minimum atomic E-state index is -0.446. The molecule has 0 saturated heterocycles. The maximum Gasteiger partial charge on any atom is 0.337 e. The predicted octanol–water partition coefficient (Wildman–Crippen LogP) is 5.11. The molecule has 0 aromatic heterocycles. The van der Waals surface area contributed by atoms with Gasteiger partial charge in [-0.25, -0.2) is 10.2 Å². The number of allylic oxidation sites excluding steroid dienone is 2. The monoisotopic (exact) mass is 467 g/mol. The van der Waals surface area contributed by atoms with Gasteiger partial charge in [-0.15, -0.1) is 0 Å². The number of anilines is 1. The van der Waals surface area contributed by atoms with E-state index in [1.54, 1.807) is 30.5 Å². The van der Waals surface area contributed by atoms with Crippen LogP contribution in [-0.4, -0.2) is 31.7 Å². The van der Waals surface area contributed by atoms with E-state index in [2.05, 4.69) is 82.5 Å². The van der Waals surface area contributed by atoms with Gasteiger partial charge in [0.15, 0.2) is 0 Å². The Morgan fingerprint density at radius 1 is 0.971 bits per heavy atom. The Labute approximate surface area is 205 Å². The summed E-state index contributed by atoms with van der Waals surface area (Å²) >= 11 is 0. The number of likely N-dealkylation sites (N-methyl/N-ethyl adjacent to an activating group) is 1. The average molecular weight is 468 g/mol. The highest BCUT2D eigenvalue weighted by atomic mass is 16.5. The minimum absolute atomic E-state index is 0.242. The van der Waals surface area contributed by atoms with E-state index in [0.717, 1.165) is 18.7 Å². The third kappa shape index (κ3) is 4.87. The summed E-state index contributed by atoms with van der Waals surface area (Å²) in [6, 6.07) is 25.2. The van der Waals surface area contributed by atoms with Crippen LogP contribution in [0.4, 0.5) is 5.69 Å². The normalized spacial score (nSPS) is 18.0. The molecular weight excluding hydrogens is 438 g/mol. The number of hydrazone groups is 1. The Morgan fingerprint density at radius 3 is 2.31 bits per heavy atom. The van der Waals surface area contributed by atoms with Crippen LogP contribution in [0.2, 0.25) is 0 Å². The molecule has 3 aromatic rings. The maximum absolute atomic E-state index is 12.5. The van der Waals surface area contributed by atoms with Crippen molar-refractivity contribution in [3.05, 3.63) is 113 Å². The number of para-hydroxylation sites is 1. The van der Waals surface area contributed by atoms with Crippen LogP contribution >= 0.6 is 0 Å². The summed E-state index contributed by atoms with van der Waals surface area (Å²) in [5.74, 6) is -0.802. The molecule has 0 saturated carbocycles. The predicted molar refractivity (Wildman–Crippen MR) is 139 cm³/mol. The van der Waals surface area contributed by atoms with Gasteiger partial charge in [0.2, 0.25) is 0 Å². The van der Waals surface area contributed by atoms with Gasteiger partial charge in [-0.1, -0.05) is 48.5 Å². The zero-order valence-electron chi connectivity index (χ0n) is 20.2. The molecule has 1 unspecified atom stereocenters. The van der Waals surface area contributed by atoms with E-state index in [1.807, 2.05) is 12.1 Å². The largest absolute Gasteiger partial charge is 0.465 e. The summed E-state index contributed by atoms with van der Waals surface area (Å²) in [6.45, 7) is 5.21. The molecule has 0 bridgehead atoms. The van der Waals surface area contributed by atoms with Gasteiger partial charge in [0.25, 0.3) is 5.91 Å². The molecule has 3 aromatic carbocycles. The Hall–Kier alpha value is -4.19. The number of carbonyl (C=O) groups is 2. The molecule has 1 aliphatic heterocycles. The van der Waals surface area contributed by atoms with Crippen LogP contribution in [-0.2, 0) is 16.6 Å². The standard InChI is InChI=1S/C29H29N3O3/c1-4-32-25-13-9-8-12-24(25)29(2,20-21-10-6-5-7-11-21)26(32)18-19-30-31-27(33)22-14-16-23(17-15-22)28(34)35-3/h5-19H,4,20H2,1-3H3,(H,31,33)/b26-18-,30-19+. The van der Waals surface area contributed by atoms with Crippen LogP contribution in [0.15, 0.2) is 95.7 Å². The van der Waals surface area contributed by atoms with E-state index >= 15 is 0 Å². The van der Waals surface area contributed by atoms with Crippen molar-refractivity contribution in [3.8, 4) is 0 Å². The Kier molecular flexibility index (Phi) is 7.11. The van der Waals surface area contributed by atoms with Crippen LogP contribution < -0.4 is 10.3 Å². The fourth-order valence-electron chi connectivity index (χ4n) is 4.69. The highest BCUT2D eigenvalue weighted by molar-refractivity contribution is 5.96. The molecule has 6 heteroatoms. The second-order valence-corrected chi connectivity index (χ2v) is 8.60. The van der Waals surface area contributed by atoms with Gasteiger partial charge in [-0.05, 0) is 67.8 Å². The van der Waals surface area contributed by atoms with Gasteiger partial charge in [0.05, 0.1) is 12.7 Å². The molecule has 1 heterocycles. The van der Waals surface area contributed by atoms with Gasteiger partial charge >= 0.3 is 5.97 Å². The first-order chi connectivity index (χ1) is 17.0. The zero-order valence-corrected chi connectivity index (χ0v) is 20.2. The molecule has 0 aliphatic carbocycles. The summed E-state index contributed by atoms with van der Waals surface area (Å²) < 4.78 is 4.69. The van der Waals surface area contributed by atoms with E-state index in [1.165, 1.54) is 23.9 Å². The molecule has 1 N–H and O–H groups in total. The lowest BCUT2D eigenvalue weighted by molar-refractivity contribution is 0.0600. The van der Waals surface area contributed by atoms with Crippen LogP contribution in [0.3, 0.4) is 0 Å². The van der Waals surface area contributed by atoms with Crippen LogP contribution in [0.5, 0.6) is 0 Å². The number of rotatable bonds is 7. The van der Waals surface area contributed by atoms with E-state index < -0.39 is 5.97 Å². The Bertz CT molecular complexity index is 1270. The molecule has 0 spiro atoms. The molecule has 35 heavy (non-hydrogen) atoms. The number of methoxy groups -OCH3 is 1. The third-order valence-electron chi connectivity index (χ3n) is 6.40. The topological polar surface area (TPSA) is 71.0 Å². The van der Waals surface area contributed by atoms with Crippen molar-refractivity contribution < 1.29 is 14.3 Å². The fraction of sp³-hybridized carbons (Fsp3) is 0.207. The van der Waals surface area contributed by atoms with Crippen molar-refractivity contribution in [2.75, 3.05) is 18.6 Å². The van der Waals surface area contributed by atoms with Crippen molar-refractivity contribution in [2.45, 2.75) is 25.7 Å². The highest BCUT2D eigenvalue weighted by Gasteiger charge is 2.42. The Balaban J connectivity index is 1.56. The number of fused-ring (bicyclic) bond motifs is 1. The molecule has 6 nitrogen and oxygen atoms in total. The van der Waals surface area contributed by atoms with Crippen molar-refractivity contribution in [1.29, 1.82) is 0 Å². The van der Waals surface area contributed by atoms with Gasteiger partial charge < -0.3 is 9.64 Å². The number of ether oxygens (including phenoxy) is 1. The average Bonchev–Trinajstić information content (AvgIpc) is 3.13. The lowest BCUT2D eigenvalue weighted by Crippen LogP contribution is -2.30. The van der Waals surface area contributed by atoms with E-state index in [0.29, 0.717) is 11.1 Å². The molecule has 178 valence electrons. The number of nitrogens with one attached hydrogen (secondary N) is 1. The fourth-order valence-corrected chi connectivity index (χ4v) is 4.69. The number of hydrogen-bond donors (Lipinski definition) is 1. The minimum Gasteiger partial charge on any atom is -0.465 e. The SMILES string of the molecule is CCN1/C(=C\C=N\NC(=O)c2ccc(C(=O)OC)cc2)C(C)(Cc2ccccc2)c2ccccc21. The smallest absolute Gasteiger partial charge is 0.337 e. The third-order valence-corrected chi connectivity index (χ3v) is 6.40. The van der Waals surface area contributed by atoms with Crippen LogP contribution in [0.25, 0.3) is 0 Å². The summed E-state index contributed by atoms with van der Waals surface area (Å²) in [7, 11) is 1.32. The van der Waals surface area contributed by atoms with E-state index in [9.17, 15) is 9.59 Å². The van der Waals surface area contributed by atoms with Gasteiger partial charge in [0.1, 0.15) is 0 Å². The highest BCUT2D eigenvalue weighted by Crippen LogP contribution is 2.49. The summed E-state index contributed by atoms with van der Waals surface area (Å²) in [5, 5.41) is 4.17. The number of esters is 1. The second-order valence-electron chi connectivity index (χ2n) is 8.60. The van der Waals surface area contributed by atoms with Crippen molar-refractivity contribution in [3.63, 3.8) is 0 Å². The first kappa shape index (κ1) is 24.0. The molecule has 1 aliphatic rings. The van der Waals surface area contributed by atoms with Gasteiger partial charge in [-0.3, -0.25) is 4.79 Å². The molecule has 4 rings (SSSR count). The van der Waals surface area contributed by atoms with Crippen molar-refractivity contribution in [1.82, 2.24) is 5.43 Å². The first-order valence-electron chi connectivity index (χ1n) is 11.6. The quantitative estimate of drug-likeness (QED) is 0.298. The Morgan fingerprint density at radius 2 is 1.63 bits per heavy atom. The summed E-state index contributed by atoms with van der Waals surface area (Å²) in [6.07, 6.45) is 4.46. The zero-order chi connectivity index (χ0) is 24.8. The van der Waals surface area contributed by atoms with Gasteiger partial charge in [0, 0.05) is 35.1 Å². The molecular formula is C29H29N3O3. The summed E-state index contributed by atoms with van der Waals surface area (Å²) in [5.41, 5.74) is 7.98. The number of hydrogen-bond acceptors (Lipinski definition) is 5. The number of carbonyl (C=O) groups excluding carboxylic acids is 2. The number of benzene rings is 3. The van der Waals surface area contributed by atoms with Gasteiger partial charge in [-0.2, -0.15) is 5.10 Å². The van der Waals surface area contributed by atoms with Crippen LogP contribution in [0.1, 0.15) is 45.7 Å².